The van der Waals surface area contributed by atoms with Crippen molar-refractivity contribution in [2.24, 2.45) is 5.73 Å². The summed E-state index contributed by atoms with van der Waals surface area (Å²) in [6, 6.07) is 4.62. The molecule has 0 spiro atoms. The Morgan fingerprint density at radius 2 is 1.62 bits per heavy atom. The molecule has 0 bridgehead atoms. The second-order valence-electron chi connectivity index (χ2n) is 7.34. The first kappa shape index (κ1) is 16.1. The second-order valence-corrected chi connectivity index (χ2v) is 7.34. The Kier molecular flexibility index (Phi) is 4.21. The van der Waals surface area contributed by atoms with Gasteiger partial charge in [-0.1, -0.05) is 47.6 Å². The van der Waals surface area contributed by atoms with Gasteiger partial charge in [0.1, 0.15) is 5.58 Å². The van der Waals surface area contributed by atoms with Crippen molar-refractivity contribution >= 4 is 11.0 Å². The summed E-state index contributed by atoms with van der Waals surface area (Å²) in [5.74, 6) is 0. The number of rotatable bonds is 5. The van der Waals surface area contributed by atoms with Crippen molar-refractivity contribution in [1.82, 2.24) is 0 Å². The molecular weight excluding hydrogens is 258 g/mol. The van der Waals surface area contributed by atoms with E-state index in [9.17, 15) is 0 Å². The van der Waals surface area contributed by atoms with Gasteiger partial charge < -0.3 is 10.2 Å². The Bertz CT molecular complexity index is 634. The molecule has 1 aromatic heterocycles. The lowest BCUT2D eigenvalue weighted by atomic mass is 9.75. The summed E-state index contributed by atoms with van der Waals surface area (Å²) in [6.07, 6.45) is 4.01. The van der Waals surface area contributed by atoms with Crippen LogP contribution in [0.15, 0.2) is 22.8 Å². The van der Waals surface area contributed by atoms with Crippen molar-refractivity contribution in [2.75, 3.05) is 0 Å². The SMILES string of the molecule is CCC(C)(C)c1cc(C(C)(C)CC)c2occ(CN)c2c1. The van der Waals surface area contributed by atoms with Gasteiger partial charge in [-0.15, -0.1) is 0 Å². The molecule has 0 fully saturated rings. The van der Waals surface area contributed by atoms with Gasteiger partial charge in [0.25, 0.3) is 0 Å². The van der Waals surface area contributed by atoms with Crippen molar-refractivity contribution in [2.45, 2.75) is 71.8 Å². The molecule has 1 aromatic carbocycles. The van der Waals surface area contributed by atoms with Crippen molar-refractivity contribution in [3.05, 3.63) is 35.1 Å². The van der Waals surface area contributed by atoms with Crippen molar-refractivity contribution in [3.8, 4) is 0 Å². The Balaban J connectivity index is 2.80. The maximum atomic E-state index is 5.88. The largest absolute Gasteiger partial charge is 0.464 e. The van der Waals surface area contributed by atoms with E-state index in [4.69, 9.17) is 10.2 Å². The fourth-order valence-corrected chi connectivity index (χ4v) is 2.63. The van der Waals surface area contributed by atoms with E-state index in [2.05, 4.69) is 53.7 Å². The van der Waals surface area contributed by atoms with Crippen LogP contribution in [0.4, 0.5) is 0 Å². The van der Waals surface area contributed by atoms with Crippen LogP contribution in [0.3, 0.4) is 0 Å². The Hall–Kier alpha value is -1.28. The van der Waals surface area contributed by atoms with Crippen LogP contribution in [0.1, 0.15) is 71.1 Å². The minimum Gasteiger partial charge on any atom is -0.464 e. The van der Waals surface area contributed by atoms with E-state index in [1.165, 1.54) is 16.5 Å². The van der Waals surface area contributed by atoms with Gasteiger partial charge in [-0.05, 0) is 35.3 Å². The molecule has 2 nitrogen and oxygen atoms in total. The summed E-state index contributed by atoms with van der Waals surface area (Å²) in [7, 11) is 0. The van der Waals surface area contributed by atoms with Gasteiger partial charge >= 0.3 is 0 Å². The molecule has 1 heterocycles. The molecule has 0 atom stereocenters. The number of hydrogen-bond acceptors (Lipinski definition) is 2. The zero-order valence-electron chi connectivity index (χ0n) is 14.3. The summed E-state index contributed by atoms with van der Waals surface area (Å²) in [5, 5.41) is 1.19. The van der Waals surface area contributed by atoms with Gasteiger partial charge in [0.15, 0.2) is 0 Å². The third kappa shape index (κ3) is 2.74. The highest BCUT2D eigenvalue weighted by molar-refractivity contribution is 5.86. The van der Waals surface area contributed by atoms with E-state index in [0.29, 0.717) is 6.54 Å². The van der Waals surface area contributed by atoms with Gasteiger partial charge in [0.05, 0.1) is 6.26 Å². The molecule has 2 rings (SSSR count). The van der Waals surface area contributed by atoms with Crippen molar-refractivity contribution < 1.29 is 4.42 Å². The van der Waals surface area contributed by atoms with Crippen molar-refractivity contribution in [3.63, 3.8) is 0 Å². The molecule has 0 saturated heterocycles. The second kappa shape index (κ2) is 5.49. The molecular formula is C19H29NO. The summed E-state index contributed by atoms with van der Waals surface area (Å²) < 4.78 is 5.88. The minimum atomic E-state index is 0.0990. The van der Waals surface area contributed by atoms with Gasteiger partial charge in [-0.25, -0.2) is 0 Å². The number of furan rings is 1. The standard InChI is InChI=1S/C19H29NO/c1-7-18(3,4)14-9-15-13(11-20)12-21-17(15)16(10-14)19(5,6)8-2/h9-10,12H,7-8,11,20H2,1-6H3. The number of benzene rings is 1. The molecule has 0 unspecified atom stereocenters. The smallest absolute Gasteiger partial charge is 0.137 e. The van der Waals surface area contributed by atoms with Gasteiger partial charge in [-0.3, -0.25) is 0 Å². The van der Waals surface area contributed by atoms with Gasteiger partial charge in [0.2, 0.25) is 0 Å². The number of nitrogens with two attached hydrogens (primary N) is 1. The normalized spacial score (nSPS) is 13.1. The van der Waals surface area contributed by atoms with E-state index in [-0.39, 0.29) is 10.8 Å². The minimum absolute atomic E-state index is 0.0990. The topological polar surface area (TPSA) is 39.2 Å². The summed E-state index contributed by atoms with van der Waals surface area (Å²) in [5.41, 5.74) is 10.9. The average molecular weight is 287 g/mol. The highest BCUT2D eigenvalue weighted by Crippen LogP contribution is 2.39. The highest BCUT2D eigenvalue weighted by atomic mass is 16.3. The molecule has 2 aromatic rings. The van der Waals surface area contributed by atoms with E-state index in [1.807, 2.05) is 6.26 Å². The fraction of sp³-hybridized carbons (Fsp3) is 0.579. The molecule has 0 aliphatic carbocycles. The average Bonchev–Trinajstić information content (AvgIpc) is 2.88. The van der Waals surface area contributed by atoms with E-state index >= 15 is 0 Å². The van der Waals surface area contributed by atoms with Crippen LogP contribution in [0.2, 0.25) is 0 Å². The molecule has 2 heteroatoms. The molecule has 0 saturated carbocycles. The first-order valence-corrected chi connectivity index (χ1v) is 8.02. The molecule has 116 valence electrons. The summed E-state index contributed by atoms with van der Waals surface area (Å²) >= 11 is 0. The Morgan fingerprint density at radius 3 is 2.14 bits per heavy atom. The number of hydrogen-bond donors (Lipinski definition) is 1. The molecule has 0 amide bonds. The van der Waals surface area contributed by atoms with Crippen molar-refractivity contribution in [1.29, 1.82) is 0 Å². The third-order valence-corrected chi connectivity index (χ3v) is 5.25. The lowest BCUT2D eigenvalue weighted by molar-refractivity contribution is 0.483. The Morgan fingerprint density at radius 1 is 1.00 bits per heavy atom. The quantitative estimate of drug-likeness (QED) is 0.814. The van der Waals surface area contributed by atoms with E-state index in [0.717, 1.165) is 24.0 Å². The maximum Gasteiger partial charge on any atom is 0.137 e. The van der Waals surface area contributed by atoms with E-state index < -0.39 is 0 Å². The van der Waals surface area contributed by atoms with Crippen LogP contribution >= 0.6 is 0 Å². The first-order chi connectivity index (χ1) is 9.76. The zero-order valence-corrected chi connectivity index (χ0v) is 14.3. The molecule has 0 aliphatic heterocycles. The lowest BCUT2D eigenvalue weighted by Crippen LogP contribution is -2.20. The fourth-order valence-electron chi connectivity index (χ4n) is 2.63. The molecule has 21 heavy (non-hydrogen) atoms. The monoisotopic (exact) mass is 287 g/mol. The molecule has 0 aliphatic rings. The van der Waals surface area contributed by atoms with Crippen LogP contribution in [0.25, 0.3) is 11.0 Å². The predicted molar refractivity (Wildman–Crippen MR) is 90.7 cm³/mol. The lowest BCUT2D eigenvalue weighted by Gasteiger charge is -2.29. The molecule has 0 radical (unpaired) electrons. The number of fused-ring (bicyclic) bond motifs is 1. The van der Waals surface area contributed by atoms with Crippen LogP contribution in [0.5, 0.6) is 0 Å². The van der Waals surface area contributed by atoms with Crippen LogP contribution in [0, 0.1) is 0 Å². The third-order valence-electron chi connectivity index (χ3n) is 5.25. The van der Waals surface area contributed by atoms with Crippen LogP contribution in [-0.2, 0) is 17.4 Å². The predicted octanol–water partition coefficient (Wildman–Crippen LogP) is 5.27. The maximum absolute atomic E-state index is 5.88. The zero-order chi connectivity index (χ0) is 15.8. The van der Waals surface area contributed by atoms with Gasteiger partial charge in [0, 0.05) is 23.1 Å². The highest BCUT2D eigenvalue weighted by Gasteiger charge is 2.27. The first-order valence-electron chi connectivity index (χ1n) is 8.02. The molecule has 2 N–H and O–H groups in total. The van der Waals surface area contributed by atoms with E-state index in [1.54, 1.807) is 0 Å². The summed E-state index contributed by atoms with van der Waals surface area (Å²) in [6.45, 7) is 14.2. The van der Waals surface area contributed by atoms with Crippen LogP contribution < -0.4 is 5.73 Å². The van der Waals surface area contributed by atoms with Gasteiger partial charge in [-0.2, -0.15) is 0 Å². The Labute approximate surface area is 128 Å². The summed E-state index contributed by atoms with van der Waals surface area (Å²) in [4.78, 5) is 0. The van der Waals surface area contributed by atoms with Crippen LogP contribution in [-0.4, -0.2) is 0 Å².